The highest BCUT2D eigenvalue weighted by atomic mass is 16.5. The summed E-state index contributed by atoms with van der Waals surface area (Å²) in [4.78, 5) is 22.5. The number of amides is 2. The van der Waals surface area contributed by atoms with Crippen LogP contribution in [0.4, 0.5) is 4.79 Å². The molecule has 6 nitrogen and oxygen atoms in total. The number of benzene rings is 1. The molecule has 0 aromatic heterocycles. The maximum absolute atomic E-state index is 11.4. The van der Waals surface area contributed by atoms with Gasteiger partial charge < -0.3 is 10.1 Å². The Kier molecular flexibility index (Phi) is 5.66. The SMILES string of the molecule is CCC(NC(=O)OCc1ccccc1)C(=O)NO. The van der Waals surface area contributed by atoms with Crippen LogP contribution in [0.2, 0.25) is 0 Å². The van der Waals surface area contributed by atoms with Crippen molar-refractivity contribution in [3.8, 4) is 0 Å². The van der Waals surface area contributed by atoms with Crippen LogP contribution in [0.25, 0.3) is 0 Å². The van der Waals surface area contributed by atoms with Gasteiger partial charge in [0.15, 0.2) is 0 Å². The van der Waals surface area contributed by atoms with Crippen molar-refractivity contribution < 1.29 is 19.5 Å². The first kappa shape index (κ1) is 14.0. The van der Waals surface area contributed by atoms with E-state index in [9.17, 15) is 9.59 Å². The van der Waals surface area contributed by atoms with Gasteiger partial charge in [0.2, 0.25) is 0 Å². The summed E-state index contributed by atoms with van der Waals surface area (Å²) in [7, 11) is 0. The Bertz CT molecular complexity index is 394. The van der Waals surface area contributed by atoms with Crippen molar-refractivity contribution in [1.29, 1.82) is 0 Å². The number of rotatable bonds is 5. The van der Waals surface area contributed by atoms with Crippen molar-refractivity contribution in [2.45, 2.75) is 26.0 Å². The number of ether oxygens (including phenoxy) is 1. The number of carbonyl (C=O) groups is 2. The molecule has 0 heterocycles. The molecule has 0 saturated carbocycles. The average molecular weight is 252 g/mol. The van der Waals surface area contributed by atoms with Crippen LogP contribution in [-0.2, 0) is 16.1 Å². The Balaban J connectivity index is 2.39. The minimum absolute atomic E-state index is 0.129. The summed E-state index contributed by atoms with van der Waals surface area (Å²) >= 11 is 0. The van der Waals surface area contributed by atoms with Gasteiger partial charge in [0, 0.05) is 0 Å². The summed E-state index contributed by atoms with van der Waals surface area (Å²) in [5.41, 5.74) is 2.34. The van der Waals surface area contributed by atoms with E-state index in [1.807, 2.05) is 30.3 Å². The number of hydroxylamine groups is 1. The summed E-state index contributed by atoms with van der Waals surface area (Å²) in [6, 6.07) is 8.38. The number of hydrogen-bond acceptors (Lipinski definition) is 4. The number of nitrogens with one attached hydrogen (secondary N) is 2. The molecule has 0 aliphatic rings. The molecular weight excluding hydrogens is 236 g/mol. The quantitative estimate of drug-likeness (QED) is 0.542. The van der Waals surface area contributed by atoms with Crippen LogP contribution in [0, 0.1) is 0 Å². The lowest BCUT2D eigenvalue weighted by Crippen LogP contribution is -2.45. The largest absolute Gasteiger partial charge is 0.445 e. The van der Waals surface area contributed by atoms with E-state index in [4.69, 9.17) is 9.94 Å². The second-order valence-corrected chi connectivity index (χ2v) is 3.64. The molecule has 0 radical (unpaired) electrons. The molecular formula is C12H16N2O4. The summed E-state index contributed by atoms with van der Waals surface area (Å²) in [6.45, 7) is 1.83. The van der Waals surface area contributed by atoms with E-state index in [0.29, 0.717) is 6.42 Å². The zero-order valence-corrected chi connectivity index (χ0v) is 10.1. The topological polar surface area (TPSA) is 87.7 Å². The molecule has 1 aromatic rings. The minimum Gasteiger partial charge on any atom is -0.445 e. The van der Waals surface area contributed by atoms with Gasteiger partial charge in [-0.05, 0) is 12.0 Å². The van der Waals surface area contributed by atoms with E-state index < -0.39 is 18.0 Å². The minimum atomic E-state index is -0.807. The van der Waals surface area contributed by atoms with Crippen LogP contribution in [0.1, 0.15) is 18.9 Å². The molecule has 1 atom stereocenters. The Morgan fingerprint density at radius 1 is 1.33 bits per heavy atom. The lowest BCUT2D eigenvalue weighted by molar-refractivity contribution is -0.131. The third-order valence-electron chi connectivity index (χ3n) is 2.34. The van der Waals surface area contributed by atoms with Crippen LogP contribution < -0.4 is 10.8 Å². The molecule has 0 bridgehead atoms. The van der Waals surface area contributed by atoms with Gasteiger partial charge in [-0.1, -0.05) is 37.3 Å². The van der Waals surface area contributed by atoms with Gasteiger partial charge in [0.05, 0.1) is 0 Å². The maximum Gasteiger partial charge on any atom is 0.408 e. The number of alkyl carbamates (subject to hydrolysis) is 1. The second kappa shape index (κ2) is 7.29. The van der Waals surface area contributed by atoms with Crippen molar-refractivity contribution >= 4 is 12.0 Å². The van der Waals surface area contributed by atoms with Crippen molar-refractivity contribution in [3.63, 3.8) is 0 Å². The summed E-state index contributed by atoms with van der Waals surface area (Å²) in [6.07, 6.45) is -0.346. The van der Waals surface area contributed by atoms with Crippen LogP contribution in [-0.4, -0.2) is 23.2 Å². The van der Waals surface area contributed by atoms with Crippen molar-refractivity contribution in [2.24, 2.45) is 0 Å². The van der Waals surface area contributed by atoms with Gasteiger partial charge in [0.1, 0.15) is 12.6 Å². The Morgan fingerprint density at radius 2 is 2.00 bits per heavy atom. The van der Waals surface area contributed by atoms with Gasteiger partial charge in [-0.3, -0.25) is 10.0 Å². The fourth-order valence-electron chi connectivity index (χ4n) is 1.34. The van der Waals surface area contributed by atoms with Gasteiger partial charge in [0.25, 0.3) is 5.91 Å². The lowest BCUT2D eigenvalue weighted by atomic mass is 10.2. The fraction of sp³-hybridized carbons (Fsp3) is 0.333. The normalized spacial score (nSPS) is 11.4. The highest BCUT2D eigenvalue weighted by Crippen LogP contribution is 2.01. The smallest absolute Gasteiger partial charge is 0.408 e. The first-order valence-electron chi connectivity index (χ1n) is 5.58. The van der Waals surface area contributed by atoms with E-state index in [2.05, 4.69) is 5.32 Å². The molecule has 0 spiro atoms. The Hall–Kier alpha value is -2.08. The zero-order valence-electron chi connectivity index (χ0n) is 10.1. The van der Waals surface area contributed by atoms with Crippen LogP contribution in [0.5, 0.6) is 0 Å². The highest BCUT2D eigenvalue weighted by Gasteiger charge is 2.18. The molecule has 18 heavy (non-hydrogen) atoms. The maximum atomic E-state index is 11.4. The molecule has 0 aliphatic heterocycles. The van der Waals surface area contributed by atoms with Gasteiger partial charge in [-0.2, -0.15) is 0 Å². The molecule has 0 saturated heterocycles. The molecule has 3 N–H and O–H groups in total. The third-order valence-corrected chi connectivity index (χ3v) is 2.34. The zero-order chi connectivity index (χ0) is 13.4. The van der Waals surface area contributed by atoms with E-state index in [1.165, 1.54) is 5.48 Å². The molecule has 0 fully saturated rings. The number of carbonyl (C=O) groups excluding carboxylic acids is 2. The van der Waals surface area contributed by atoms with Crippen molar-refractivity contribution in [2.75, 3.05) is 0 Å². The summed E-state index contributed by atoms with van der Waals surface area (Å²) in [5, 5.41) is 10.8. The fourth-order valence-corrected chi connectivity index (χ4v) is 1.34. The molecule has 1 unspecified atom stereocenters. The monoisotopic (exact) mass is 252 g/mol. The van der Waals surface area contributed by atoms with E-state index in [1.54, 1.807) is 6.92 Å². The van der Waals surface area contributed by atoms with Gasteiger partial charge >= 0.3 is 6.09 Å². The molecule has 1 aromatic carbocycles. The first-order valence-corrected chi connectivity index (χ1v) is 5.58. The number of hydrogen-bond donors (Lipinski definition) is 3. The Labute approximate surface area is 105 Å². The molecule has 2 amide bonds. The van der Waals surface area contributed by atoms with Crippen molar-refractivity contribution in [1.82, 2.24) is 10.8 Å². The van der Waals surface area contributed by atoms with Gasteiger partial charge in [-0.25, -0.2) is 10.3 Å². The Morgan fingerprint density at radius 3 is 2.56 bits per heavy atom. The lowest BCUT2D eigenvalue weighted by Gasteiger charge is -2.14. The van der Waals surface area contributed by atoms with E-state index in [0.717, 1.165) is 5.56 Å². The molecule has 6 heteroatoms. The van der Waals surface area contributed by atoms with Crippen LogP contribution >= 0.6 is 0 Å². The standard InChI is InChI=1S/C12H16N2O4/c1-2-10(11(15)14-17)13-12(16)18-8-9-6-4-3-5-7-9/h3-7,10,17H,2,8H2,1H3,(H,13,16)(H,14,15). The van der Waals surface area contributed by atoms with Gasteiger partial charge in [-0.15, -0.1) is 0 Å². The highest BCUT2D eigenvalue weighted by molar-refractivity contribution is 5.84. The van der Waals surface area contributed by atoms with Crippen LogP contribution in [0.15, 0.2) is 30.3 Å². The van der Waals surface area contributed by atoms with E-state index in [-0.39, 0.29) is 6.61 Å². The van der Waals surface area contributed by atoms with E-state index >= 15 is 0 Å². The average Bonchev–Trinajstić information content (AvgIpc) is 2.42. The third kappa shape index (κ3) is 4.42. The summed E-state index contributed by atoms with van der Waals surface area (Å²) < 4.78 is 4.94. The summed E-state index contributed by atoms with van der Waals surface area (Å²) in [5.74, 6) is -0.672. The first-order chi connectivity index (χ1) is 8.67. The second-order valence-electron chi connectivity index (χ2n) is 3.64. The van der Waals surface area contributed by atoms with Crippen molar-refractivity contribution in [3.05, 3.63) is 35.9 Å². The molecule has 1 rings (SSSR count). The molecule has 98 valence electrons. The van der Waals surface area contributed by atoms with Crippen LogP contribution in [0.3, 0.4) is 0 Å². The molecule has 0 aliphatic carbocycles. The predicted molar refractivity (Wildman–Crippen MR) is 63.8 cm³/mol. The predicted octanol–water partition coefficient (Wildman–Crippen LogP) is 1.20.